The van der Waals surface area contributed by atoms with Crippen molar-refractivity contribution in [3.63, 3.8) is 0 Å². The van der Waals surface area contributed by atoms with E-state index in [1.807, 2.05) is 6.92 Å². The van der Waals surface area contributed by atoms with Crippen LogP contribution in [-0.4, -0.2) is 66.1 Å². The van der Waals surface area contributed by atoms with Crippen molar-refractivity contribution in [2.45, 2.75) is 44.7 Å². The highest BCUT2D eigenvalue weighted by Crippen LogP contribution is 2.59. The minimum Gasteiger partial charge on any atom is -0.493 e. The highest BCUT2D eigenvalue weighted by atomic mass is 16.5. The van der Waals surface area contributed by atoms with Crippen LogP contribution in [0.25, 0.3) is 0 Å². The fourth-order valence-corrected chi connectivity index (χ4v) is 3.99. The minimum absolute atomic E-state index is 0.0497. The predicted molar refractivity (Wildman–Crippen MR) is 105 cm³/mol. The predicted octanol–water partition coefficient (Wildman–Crippen LogP) is 1.21. The van der Waals surface area contributed by atoms with Gasteiger partial charge in [0.05, 0.1) is 20.3 Å². The fourth-order valence-electron chi connectivity index (χ4n) is 3.99. The molecule has 9 nitrogen and oxygen atoms in total. The minimum atomic E-state index is -1.01. The molecular weight excluding hydrogens is 392 g/mol. The number of carboxylic acid groups (broad SMARTS) is 1. The lowest BCUT2D eigenvalue weighted by molar-refractivity contribution is -0.149. The summed E-state index contributed by atoms with van der Waals surface area (Å²) in [6.45, 7) is 1.97. The molecule has 3 rings (SSSR count). The number of nitrogens with zero attached hydrogens (tertiary/aromatic N) is 1. The molecule has 0 spiro atoms. The average Bonchev–Trinajstić information content (AvgIpc) is 3.29. The molecule has 1 saturated heterocycles. The maximum Gasteiger partial charge on any atom is 0.341 e. The van der Waals surface area contributed by atoms with E-state index >= 15 is 0 Å². The van der Waals surface area contributed by atoms with Gasteiger partial charge in [-0.25, -0.2) is 9.59 Å². The zero-order chi connectivity index (χ0) is 21.9. The molecule has 30 heavy (non-hydrogen) atoms. The van der Waals surface area contributed by atoms with Gasteiger partial charge in [-0.1, -0.05) is 19.1 Å². The summed E-state index contributed by atoms with van der Waals surface area (Å²) < 4.78 is 10.3. The monoisotopic (exact) mass is 418 g/mol. The number of methoxy groups -OCH3 is 1. The van der Waals surface area contributed by atoms with Crippen molar-refractivity contribution in [1.82, 2.24) is 10.2 Å². The Balaban J connectivity index is 1.40. The molecule has 2 amide bonds. The van der Waals surface area contributed by atoms with E-state index < -0.39 is 18.0 Å². The number of hydrogen-bond acceptors (Lipinski definition) is 6. The molecule has 1 aliphatic heterocycles. The normalized spacial score (nSPS) is 24.0. The Kier molecular flexibility index (Phi) is 6.28. The first-order chi connectivity index (χ1) is 14.3. The smallest absolute Gasteiger partial charge is 0.341 e. The van der Waals surface area contributed by atoms with Crippen LogP contribution in [0.2, 0.25) is 0 Å². The number of hydrogen-bond donors (Lipinski definition) is 2. The second-order valence-corrected chi connectivity index (χ2v) is 7.95. The number of piperidine rings is 1. The van der Waals surface area contributed by atoms with E-state index in [-0.39, 0.29) is 42.8 Å². The number of esters is 1. The number of amides is 2. The number of carbonyl (C=O) groups excluding carboxylic acids is 3. The van der Waals surface area contributed by atoms with Crippen LogP contribution in [0.4, 0.5) is 0 Å². The summed E-state index contributed by atoms with van der Waals surface area (Å²) in [6, 6.07) is 5.79. The summed E-state index contributed by atoms with van der Waals surface area (Å²) in [5.74, 6) is -1.83. The fraction of sp³-hybridized carbons (Fsp3) is 0.524. The van der Waals surface area contributed by atoms with Crippen molar-refractivity contribution >= 4 is 23.8 Å². The van der Waals surface area contributed by atoms with Gasteiger partial charge in [-0.2, -0.15) is 0 Å². The maximum absolute atomic E-state index is 12.5. The number of rotatable bonds is 9. The largest absolute Gasteiger partial charge is 0.493 e. The summed E-state index contributed by atoms with van der Waals surface area (Å²) in [5, 5.41) is 11.9. The quantitative estimate of drug-likeness (QED) is 0.457. The van der Waals surface area contributed by atoms with Crippen LogP contribution in [-0.2, 0) is 19.1 Å². The SMILES string of the molecule is COC(=O)c1ccccc1OCCCC(=O)NCC(=O)N1[C@H]2C[C@@]2(C)C[C@H]1C(=O)O. The molecule has 1 heterocycles. The van der Waals surface area contributed by atoms with Gasteiger partial charge in [-0.05, 0) is 36.8 Å². The molecular formula is C21H26N2O7. The summed E-state index contributed by atoms with van der Waals surface area (Å²) in [5.41, 5.74) is 0.196. The molecule has 0 radical (unpaired) electrons. The molecule has 162 valence electrons. The van der Waals surface area contributed by atoms with Gasteiger partial charge < -0.3 is 24.8 Å². The van der Waals surface area contributed by atoms with Crippen molar-refractivity contribution in [3.8, 4) is 5.75 Å². The van der Waals surface area contributed by atoms with Crippen LogP contribution in [0, 0.1) is 5.41 Å². The van der Waals surface area contributed by atoms with Crippen molar-refractivity contribution in [1.29, 1.82) is 0 Å². The number of aliphatic carboxylic acids is 1. The maximum atomic E-state index is 12.5. The molecule has 2 aliphatic rings. The standard InChI is InChI=1S/C21H26N2O7/c1-21-10-14(19(26)27)23(16(21)11-21)18(25)12-22-17(24)8-5-9-30-15-7-4-3-6-13(15)20(28)29-2/h3-4,6-7,14,16H,5,8-12H2,1-2H3,(H,22,24)(H,26,27)/t14-,16-,21+/m0/s1. The van der Waals surface area contributed by atoms with E-state index in [0.29, 0.717) is 24.2 Å². The van der Waals surface area contributed by atoms with E-state index in [1.54, 1.807) is 24.3 Å². The Hall–Kier alpha value is -3.10. The number of carbonyl (C=O) groups is 4. The van der Waals surface area contributed by atoms with Crippen molar-refractivity contribution in [2.75, 3.05) is 20.3 Å². The van der Waals surface area contributed by atoms with Crippen molar-refractivity contribution < 1.29 is 33.8 Å². The third kappa shape index (κ3) is 4.55. The number of para-hydroxylation sites is 1. The molecule has 1 saturated carbocycles. The summed E-state index contributed by atoms with van der Waals surface area (Å²) in [4.78, 5) is 49.0. The Morgan fingerprint density at radius 1 is 1.23 bits per heavy atom. The average molecular weight is 418 g/mol. The number of carboxylic acids is 1. The van der Waals surface area contributed by atoms with E-state index in [2.05, 4.69) is 5.32 Å². The summed E-state index contributed by atoms with van der Waals surface area (Å²) in [6.07, 6.45) is 1.78. The molecule has 9 heteroatoms. The molecule has 2 N–H and O–H groups in total. The van der Waals surface area contributed by atoms with Crippen LogP contribution in [0.5, 0.6) is 5.75 Å². The Morgan fingerprint density at radius 2 is 1.97 bits per heavy atom. The number of nitrogens with one attached hydrogen (secondary N) is 1. The summed E-state index contributed by atoms with van der Waals surface area (Å²) >= 11 is 0. The molecule has 0 aromatic heterocycles. The zero-order valence-corrected chi connectivity index (χ0v) is 17.1. The van der Waals surface area contributed by atoms with E-state index in [0.717, 1.165) is 6.42 Å². The lowest BCUT2D eigenvalue weighted by atomic mass is 10.0. The molecule has 0 unspecified atom stereocenters. The Morgan fingerprint density at radius 3 is 2.67 bits per heavy atom. The van der Waals surface area contributed by atoms with Gasteiger partial charge in [-0.3, -0.25) is 9.59 Å². The Bertz CT molecular complexity index is 856. The van der Waals surface area contributed by atoms with Crippen LogP contribution in [0.3, 0.4) is 0 Å². The van der Waals surface area contributed by atoms with E-state index in [1.165, 1.54) is 12.0 Å². The molecule has 1 aliphatic carbocycles. The van der Waals surface area contributed by atoms with Crippen LogP contribution in [0.15, 0.2) is 24.3 Å². The molecule has 2 fully saturated rings. The molecule has 1 aromatic rings. The Labute approximate surface area is 174 Å². The number of fused-ring (bicyclic) bond motifs is 1. The van der Waals surface area contributed by atoms with Crippen molar-refractivity contribution in [2.24, 2.45) is 5.41 Å². The van der Waals surface area contributed by atoms with Gasteiger partial charge in [-0.15, -0.1) is 0 Å². The first-order valence-corrected chi connectivity index (χ1v) is 9.87. The summed E-state index contributed by atoms with van der Waals surface area (Å²) in [7, 11) is 1.29. The zero-order valence-electron chi connectivity index (χ0n) is 17.1. The second kappa shape index (κ2) is 8.73. The van der Waals surface area contributed by atoms with Gasteiger partial charge in [0.2, 0.25) is 11.8 Å². The van der Waals surface area contributed by atoms with Crippen LogP contribution >= 0.6 is 0 Å². The van der Waals surface area contributed by atoms with Gasteiger partial charge in [0.25, 0.3) is 0 Å². The number of likely N-dealkylation sites (tertiary alicyclic amines) is 1. The molecule has 3 atom stereocenters. The lowest BCUT2D eigenvalue weighted by Gasteiger charge is -2.24. The van der Waals surface area contributed by atoms with E-state index in [4.69, 9.17) is 9.47 Å². The highest BCUT2D eigenvalue weighted by molar-refractivity contribution is 5.92. The van der Waals surface area contributed by atoms with Crippen LogP contribution in [0.1, 0.15) is 43.0 Å². The van der Waals surface area contributed by atoms with Gasteiger partial charge >= 0.3 is 11.9 Å². The van der Waals surface area contributed by atoms with Gasteiger partial charge in [0.15, 0.2) is 0 Å². The van der Waals surface area contributed by atoms with Gasteiger partial charge in [0.1, 0.15) is 17.4 Å². The number of benzene rings is 1. The second-order valence-electron chi connectivity index (χ2n) is 7.95. The van der Waals surface area contributed by atoms with Gasteiger partial charge in [0, 0.05) is 12.5 Å². The van der Waals surface area contributed by atoms with Crippen molar-refractivity contribution in [3.05, 3.63) is 29.8 Å². The number of ether oxygens (including phenoxy) is 2. The third-order valence-electron chi connectivity index (χ3n) is 5.74. The first-order valence-electron chi connectivity index (χ1n) is 9.87. The topological polar surface area (TPSA) is 122 Å². The molecule has 0 bridgehead atoms. The third-order valence-corrected chi connectivity index (χ3v) is 5.74. The first kappa shape index (κ1) is 21.6. The molecule has 1 aromatic carbocycles. The highest BCUT2D eigenvalue weighted by Gasteiger charge is 2.64. The lowest BCUT2D eigenvalue weighted by Crippen LogP contribution is -2.47. The van der Waals surface area contributed by atoms with E-state index in [9.17, 15) is 24.3 Å². The van der Waals surface area contributed by atoms with Crippen LogP contribution < -0.4 is 10.1 Å².